The molecule has 0 aliphatic carbocycles. The van der Waals surface area contributed by atoms with Crippen LogP contribution in [0.3, 0.4) is 0 Å². The summed E-state index contributed by atoms with van der Waals surface area (Å²) in [4.78, 5) is 0. The first-order valence-corrected chi connectivity index (χ1v) is 19.6. The first-order valence-electron chi connectivity index (χ1n) is 19.6. The SMILES string of the molecule is c1ccc(-c2ccc(-c3cccc(-n4c5ccccc5c5c(-n6c7ccccc7c7c(-n8c9ccccc9c9ccccc98)cccc76)cccc54)c3)cc2)cc1. The molecular formula is C54H35N3. The Balaban J connectivity index is 1.09. The van der Waals surface area contributed by atoms with E-state index < -0.39 is 0 Å². The molecule has 0 atom stereocenters. The molecule has 0 spiro atoms. The minimum absolute atomic E-state index is 1.14. The van der Waals surface area contributed by atoms with Crippen molar-refractivity contribution in [2.45, 2.75) is 0 Å². The third-order valence-electron chi connectivity index (χ3n) is 11.8. The van der Waals surface area contributed by atoms with Crippen LogP contribution < -0.4 is 0 Å². The van der Waals surface area contributed by atoms with Crippen LogP contribution in [0, 0.1) is 0 Å². The molecule has 0 saturated heterocycles. The van der Waals surface area contributed by atoms with Gasteiger partial charge in [0, 0.05) is 38.0 Å². The highest BCUT2D eigenvalue weighted by molar-refractivity contribution is 6.19. The fraction of sp³-hybridized carbons (Fsp3) is 0. The van der Waals surface area contributed by atoms with Gasteiger partial charge < -0.3 is 13.7 Å². The van der Waals surface area contributed by atoms with E-state index in [2.05, 4.69) is 226 Å². The van der Waals surface area contributed by atoms with E-state index in [0.29, 0.717) is 0 Å². The molecule has 0 N–H and O–H groups in total. The second-order valence-corrected chi connectivity index (χ2v) is 14.9. The molecule has 0 saturated carbocycles. The van der Waals surface area contributed by atoms with Crippen molar-refractivity contribution < 1.29 is 0 Å². The lowest BCUT2D eigenvalue weighted by atomic mass is 10.00. The van der Waals surface area contributed by atoms with E-state index in [0.717, 1.165) is 5.69 Å². The van der Waals surface area contributed by atoms with Gasteiger partial charge in [0.05, 0.1) is 44.5 Å². The zero-order valence-electron chi connectivity index (χ0n) is 31.0. The highest BCUT2D eigenvalue weighted by Gasteiger charge is 2.22. The second kappa shape index (κ2) is 12.5. The number of rotatable bonds is 5. The molecule has 0 fully saturated rings. The van der Waals surface area contributed by atoms with E-state index >= 15 is 0 Å². The zero-order valence-corrected chi connectivity index (χ0v) is 31.0. The Kier molecular flexibility index (Phi) is 6.93. The molecule has 3 nitrogen and oxygen atoms in total. The van der Waals surface area contributed by atoms with E-state index in [1.165, 1.54) is 99.0 Å². The Morgan fingerprint density at radius 1 is 0.228 bits per heavy atom. The Labute approximate surface area is 329 Å². The molecule has 3 heteroatoms. The fourth-order valence-electron chi connectivity index (χ4n) is 9.40. The molecule has 9 aromatic carbocycles. The summed E-state index contributed by atoms with van der Waals surface area (Å²) in [6.07, 6.45) is 0. The number of benzene rings is 9. The van der Waals surface area contributed by atoms with Crippen LogP contribution in [0.2, 0.25) is 0 Å². The number of aromatic nitrogens is 3. The third kappa shape index (κ3) is 4.73. The number of nitrogens with zero attached hydrogens (tertiary/aromatic N) is 3. The summed E-state index contributed by atoms with van der Waals surface area (Å²) in [5.41, 5.74) is 15.5. The van der Waals surface area contributed by atoms with Gasteiger partial charge in [-0.1, -0.05) is 152 Å². The Bertz CT molecular complexity index is 3450. The highest BCUT2D eigenvalue weighted by atomic mass is 15.0. The van der Waals surface area contributed by atoms with Crippen LogP contribution in [0.15, 0.2) is 212 Å². The van der Waals surface area contributed by atoms with Crippen molar-refractivity contribution in [1.82, 2.24) is 13.7 Å². The maximum absolute atomic E-state index is 2.49. The number of fused-ring (bicyclic) bond motifs is 9. The van der Waals surface area contributed by atoms with Crippen molar-refractivity contribution >= 4 is 65.4 Å². The number of hydrogen-bond donors (Lipinski definition) is 0. The lowest BCUT2D eigenvalue weighted by Gasteiger charge is -2.13. The molecule has 0 unspecified atom stereocenters. The van der Waals surface area contributed by atoms with Crippen LogP contribution in [0.4, 0.5) is 0 Å². The van der Waals surface area contributed by atoms with E-state index in [1.807, 2.05) is 0 Å². The predicted octanol–water partition coefficient (Wildman–Crippen LogP) is 14.3. The van der Waals surface area contributed by atoms with Crippen LogP contribution in [0.5, 0.6) is 0 Å². The van der Waals surface area contributed by atoms with Crippen molar-refractivity contribution in [3.05, 3.63) is 212 Å². The van der Waals surface area contributed by atoms with E-state index in [-0.39, 0.29) is 0 Å². The Morgan fingerprint density at radius 3 is 1.18 bits per heavy atom. The van der Waals surface area contributed by atoms with Crippen molar-refractivity contribution in [3.63, 3.8) is 0 Å². The summed E-state index contributed by atoms with van der Waals surface area (Å²) in [5.74, 6) is 0. The standard InChI is InChI=1S/C54H35N3/c1-2-15-36(16-3-1)37-31-33-38(34-32-37)39-17-12-18-40(35-39)55-47-25-10-6-21-43(47)53-49(55)27-13-29-51(53)57-48-26-11-7-22-44(48)54-50(28-14-30-52(54)57)56-45-23-8-4-19-41(45)42-20-5-9-24-46(42)56/h1-35H. The monoisotopic (exact) mass is 725 g/mol. The molecule has 12 rings (SSSR count). The summed E-state index contributed by atoms with van der Waals surface area (Å²) in [6, 6.07) is 77.3. The predicted molar refractivity (Wildman–Crippen MR) is 240 cm³/mol. The van der Waals surface area contributed by atoms with E-state index in [9.17, 15) is 0 Å². The fourth-order valence-corrected chi connectivity index (χ4v) is 9.40. The topological polar surface area (TPSA) is 14.8 Å². The van der Waals surface area contributed by atoms with Crippen LogP contribution in [-0.4, -0.2) is 13.7 Å². The van der Waals surface area contributed by atoms with Crippen molar-refractivity contribution in [2.75, 3.05) is 0 Å². The Morgan fingerprint density at radius 2 is 0.596 bits per heavy atom. The normalized spacial score (nSPS) is 11.9. The van der Waals surface area contributed by atoms with Crippen LogP contribution in [0.1, 0.15) is 0 Å². The molecule has 3 heterocycles. The highest BCUT2D eigenvalue weighted by Crippen LogP contribution is 2.43. The third-order valence-corrected chi connectivity index (χ3v) is 11.8. The van der Waals surface area contributed by atoms with Gasteiger partial charge in [0.25, 0.3) is 0 Å². The average molecular weight is 726 g/mol. The lowest BCUT2D eigenvalue weighted by molar-refractivity contribution is 1.17. The summed E-state index contributed by atoms with van der Waals surface area (Å²) in [5, 5.41) is 7.46. The Hall–Kier alpha value is -7.62. The molecule has 3 aromatic heterocycles. The average Bonchev–Trinajstić information content (AvgIpc) is 3.93. The minimum atomic E-state index is 1.14. The van der Waals surface area contributed by atoms with Gasteiger partial charge >= 0.3 is 0 Å². The van der Waals surface area contributed by atoms with Gasteiger partial charge in [-0.15, -0.1) is 0 Å². The van der Waals surface area contributed by atoms with Crippen LogP contribution in [0.25, 0.3) is 105 Å². The summed E-state index contributed by atoms with van der Waals surface area (Å²) in [7, 11) is 0. The van der Waals surface area contributed by atoms with E-state index in [1.54, 1.807) is 0 Å². The molecule has 0 radical (unpaired) electrons. The number of hydrogen-bond acceptors (Lipinski definition) is 0. The van der Waals surface area contributed by atoms with Crippen molar-refractivity contribution in [1.29, 1.82) is 0 Å². The molecule has 0 bridgehead atoms. The number of para-hydroxylation sites is 4. The largest absolute Gasteiger partial charge is 0.309 e. The molecule has 12 aromatic rings. The maximum atomic E-state index is 2.49. The van der Waals surface area contributed by atoms with Crippen molar-refractivity contribution in [3.8, 4) is 39.3 Å². The van der Waals surface area contributed by atoms with E-state index in [4.69, 9.17) is 0 Å². The summed E-state index contributed by atoms with van der Waals surface area (Å²) >= 11 is 0. The second-order valence-electron chi connectivity index (χ2n) is 14.9. The molecule has 0 amide bonds. The summed E-state index contributed by atoms with van der Waals surface area (Å²) in [6.45, 7) is 0. The van der Waals surface area contributed by atoms with Crippen LogP contribution in [-0.2, 0) is 0 Å². The lowest BCUT2D eigenvalue weighted by Crippen LogP contribution is -1.98. The van der Waals surface area contributed by atoms with Gasteiger partial charge in [0.1, 0.15) is 0 Å². The van der Waals surface area contributed by atoms with Crippen molar-refractivity contribution in [2.24, 2.45) is 0 Å². The molecule has 0 aliphatic heterocycles. The first kappa shape index (κ1) is 31.7. The van der Waals surface area contributed by atoms with Gasteiger partial charge in [0.15, 0.2) is 0 Å². The minimum Gasteiger partial charge on any atom is -0.309 e. The molecule has 266 valence electrons. The van der Waals surface area contributed by atoms with Gasteiger partial charge in [0.2, 0.25) is 0 Å². The summed E-state index contributed by atoms with van der Waals surface area (Å²) < 4.78 is 7.39. The maximum Gasteiger partial charge on any atom is 0.0562 e. The molecular weight excluding hydrogens is 691 g/mol. The molecule has 0 aliphatic rings. The molecule has 57 heavy (non-hydrogen) atoms. The van der Waals surface area contributed by atoms with Gasteiger partial charge in [-0.2, -0.15) is 0 Å². The van der Waals surface area contributed by atoms with Gasteiger partial charge in [-0.05, 0) is 82.9 Å². The zero-order chi connectivity index (χ0) is 37.5. The smallest absolute Gasteiger partial charge is 0.0562 e. The van der Waals surface area contributed by atoms with Gasteiger partial charge in [-0.25, -0.2) is 0 Å². The van der Waals surface area contributed by atoms with Gasteiger partial charge in [-0.3, -0.25) is 0 Å². The first-order chi connectivity index (χ1) is 28.3. The quantitative estimate of drug-likeness (QED) is 0.168. The van der Waals surface area contributed by atoms with Crippen LogP contribution >= 0.6 is 0 Å².